The van der Waals surface area contributed by atoms with Crippen molar-refractivity contribution in [1.29, 1.82) is 0 Å². The second kappa shape index (κ2) is 2.86. The third kappa shape index (κ3) is 1.10. The van der Waals surface area contributed by atoms with Crippen molar-refractivity contribution in [2.45, 2.75) is 0 Å². The second-order valence-electron chi connectivity index (χ2n) is 2.60. The number of ether oxygens (including phenoxy) is 1. The van der Waals surface area contributed by atoms with Gasteiger partial charge in [-0.25, -0.2) is 9.59 Å². The van der Waals surface area contributed by atoms with Gasteiger partial charge in [0.1, 0.15) is 0 Å². The third-order valence-corrected chi connectivity index (χ3v) is 1.79. The van der Waals surface area contributed by atoms with Gasteiger partial charge in [0.05, 0.1) is 11.1 Å². The summed E-state index contributed by atoms with van der Waals surface area (Å²) in [4.78, 5) is 24.6. The molecule has 6 nitrogen and oxygen atoms in total. The molecule has 0 atom stereocenters. The van der Waals surface area contributed by atoms with E-state index in [0.29, 0.717) is 0 Å². The lowest BCUT2D eigenvalue weighted by Crippen LogP contribution is -1.96. The molecule has 1 aliphatic rings. The van der Waals surface area contributed by atoms with E-state index in [-0.39, 0.29) is 16.8 Å². The zero-order valence-corrected chi connectivity index (χ0v) is 6.80. The van der Waals surface area contributed by atoms with Crippen molar-refractivity contribution >= 4 is 17.6 Å². The van der Waals surface area contributed by atoms with Gasteiger partial charge in [-0.05, 0) is 17.7 Å². The highest BCUT2D eigenvalue weighted by Gasteiger charge is 2.29. The minimum atomic E-state index is -0.708. The van der Waals surface area contributed by atoms with Gasteiger partial charge < -0.3 is 4.74 Å². The normalized spacial score (nSPS) is 13.1. The van der Waals surface area contributed by atoms with E-state index in [1.165, 1.54) is 18.2 Å². The van der Waals surface area contributed by atoms with Gasteiger partial charge in [-0.2, -0.15) is 0 Å². The quantitative estimate of drug-likeness (QED) is 0.222. The van der Waals surface area contributed by atoms with Crippen LogP contribution >= 0.6 is 0 Å². The Morgan fingerprint density at radius 2 is 1.93 bits per heavy atom. The number of carbonyl (C=O) groups excluding carboxylic acids is 2. The Hall–Kier alpha value is -2.33. The molecule has 0 amide bonds. The first kappa shape index (κ1) is 8.28. The zero-order chi connectivity index (χ0) is 10.1. The Kier molecular flexibility index (Phi) is 1.69. The fourth-order valence-corrected chi connectivity index (χ4v) is 1.19. The molecule has 0 aromatic heterocycles. The predicted molar refractivity (Wildman–Crippen MR) is 45.0 cm³/mol. The van der Waals surface area contributed by atoms with Gasteiger partial charge in [-0.1, -0.05) is 11.2 Å². The predicted octanol–water partition coefficient (Wildman–Crippen LogP) is 1.94. The number of carbonyl (C=O) groups is 2. The standard InChI is InChI=1S/C8H3N3O3/c9-11-10-4-1-2-5-6(3-4)8(13)14-7(5)12/h1-3H. The Morgan fingerprint density at radius 1 is 1.21 bits per heavy atom. The Morgan fingerprint density at radius 3 is 2.64 bits per heavy atom. The lowest BCUT2D eigenvalue weighted by Gasteiger charge is -1.92. The molecule has 0 N–H and O–H groups in total. The molecule has 0 unspecified atom stereocenters. The van der Waals surface area contributed by atoms with E-state index in [2.05, 4.69) is 14.8 Å². The molecule has 1 heterocycles. The van der Waals surface area contributed by atoms with Crippen LogP contribution in [-0.4, -0.2) is 11.9 Å². The van der Waals surface area contributed by atoms with Gasteiger partial charge >= 0.3 is 11.9 Å². The van der Waals surface area contributed by atoms with Crippen LogP contribution in [0.1, 0.15) is 20.7 Å². The highest BCUT2D eigenvalue weighted by molar-refractivity contribution is 6.15. The summed E-state index contributed by atoms with van der Waals surface area (Å²) in [6.45, 7) is 0. The van der Waals surface area contributed by atoms with Gasteiger partial charge in [0.25, 0.3) is 0 Å². The van der Waals surface area contributed by atoms with Crippen molar-refractivity contribution in [2.75, 3.05) is 0 Å². The summed E-state index contributed by atoms with van der Waals surface area (Å²) in [7, 11) is 0. The zero-order valence-electron chi connectivity index (χ0n) is 6.80. The summed E-state index contributed by atoms with van der Waals surface area (Å²) in [6.07, 6.45) is 0. The molecule has 68 valence electrons. The molecule has 2 rings (SSSR count). The number of benzene rings is 1. The maximum Gasteiger partial charge on any atom is 0.346 e. The topological polar surface area (TPSA) is 92.1 Å². The van der Waals surface area contributed by atoms with E-state index in [1.54, 1.807) is 0 Å². The van der Waals surface area contributed by atoms with Crippen LogP contribution in [0, 0.1) is 0 Å². The molecule has 1 aromatic rings. The lowest BCUT2D eigenvalue weighted by molar-refractivity contribution is 0.0444. The SMILES string of the molecule is [N-]=[N+]=Nc1ccc2c(c1)C(=O)OC2=O. The molecule has 0 saturated carbocycles. The minimum absolute atomic E-state index is 0.139. The molecule has 0 saturated heterocycles. The van der Waals surface area contributed by atoms with Crippen LogP contribution in [0.2, 0.25) is 0 Å². The largest absolute Gasteiger partial charge is 0.386 e. The Bertz CT molecular complexity index is 489. The average molecular weight is 189 g/mol. The van der Waals surface area contributed by atoms with E-state index in [9.17, 15) is 9.59 Å². The first-order valence-corrected chi connectivity index (χ1v) is 3.68. The fraction of sp³-hybridized carbons (Fsp3) is 0. The number of azide groups is 1. The Labute approximate surface area is 77.7 Å². The van der Waals surface area contributed by atoms with Crippen LogP contribution < -0.4 is 0 Å². The van der Waals surface area contributed by atoms with Crippen molar-refractivity contribution in [1.82, 2.24) is 0 Å². The van der Waals surface area contributed by atoms with Crippen LogP contribution in [0.25, 0.3) is 10.4 Å². The van der Waals surface area contributed by atoms with Crippen LogP contribution in [0.4, 0.5) is 5.69 Å². The molecular formula is C8H3N3O3. The number of esters is 2. The van der Waals surface area contributed by atoms with Gasteiger partial charge in [0, 0.05) is 10.6 Å². The van der Waals surface area contributed by atoms with E-state index < -0.39 is 11.9 Å². The summed E-state index contributed by atoms with van der Waals surface area (Å²) >= 11 is 0. The number of hydrogen-bond acceptors (Lipinski definition) is 4. The molecule has 0 fully saturated rings. The van der Waals surface area contributed by atoms with Crippen molar-refractivity contribution in [2.24, 2.45) is 5.11 Å². The molecule has 0 radical (unpaired) electrons. The highest BCUT2D eigenvalue weighted by atomic mass is 16.6. The number of cyclic esters (lactones) is 2. The van der Waals surface area contributed by atoms with Crippen molar-refractivity contribution < 1.29 is 14.3 Å². The highest BCUT2D eigenvalue weighted by Crippen LogP contribution is 2.24. The molecule has 0 spiro atoms. The van der Waals surface area contributed by atoms with E-state index in [4.69, 9.17) is 5.53 Å². The molecule has 0 bridgehead atoms. The van der Waals surface area contributed by atoms with Gasteiger partial charge in [-0.15, -0.1) is 0 Å². The lowest BCUT2D eigenvalue weighted by atomic mass is 10.1. The summed E-state index contributed by atoms with van der Waals surface area (Å²) in [6, 6.07) is 4.16. The van der Waals surface area contributed by atoms with Gasteiger partial charge in [-0.3, -0.25) is 0 Å². The molecule has 1 aromatic carbocycles. The number of nitrogens with zero attached hydrogens (tertiary/aromatic N) is 3. The molecule has 14 heavy (non-hydrogen) atoms. The summed E-state index contributed by atoms with van der Waals surface area (Å²) < 4.78 is 4.35. The Balaban J connectivity index is 2.60. The fourth-order valence-electron chi connectivity index (χ4n) is 1.19. The molecular weight excluding hydrogens is 186 g/mol. The second-order valence-corrected chi connectivity index (χ2v) is 2.60. The van der Waals surface area contributed by atoms with Crippen molar-refractivity contribution in [3.8, 4) is 0 Å². The average Bonchev–Trinajstić information content (AvgIpc) is 2.43. The van der Waals surface area contributed by atoms with E-state index >= 15 is 0 Å². The van der Waals surface area contributed by atoms with Crippen molar-refractivity contribution in [3.05, 3.63) is 39.8 Å². The summed E-state index contributed by atoms with van der Waals surface area (Å²) in [5.41, 5.74) is 8.78. The van der Waals surface area contributed by atoms with Crippen LogP contribution in [-0.2, 0) is 4.74 Å². The van der Waals surface area contributed by atoms with Gasteiger partial charge in [0.15, 0.2) is 0 Å². The molecule has 0 aliphatic carbocycles. The van der Waals surface area contributed by atoms with Crippen LogP contribution in [0.15, 0.2) is 23.3 Å². The number of rotatable bonds is 1. The van der Waals surface area contributed by atoms with Crippen molar-refractivity contribution in [3.63, 3.8) is 0 Å². The molecule has 6 heteroatoms. The van der Waals surface area contributed by atoms with Gasteiger partial charge in [0.2, 0.25) is 0 Å². The minimum Gasteiger partial charge on any atom is -0.386 e. The first-order chi connectivity index (χ1) is 6.72. The maximum absolute atomic E-state index is 11.1. The summed E-state index contributed by atoms with van der Waals surface area (Å²) in [5.74, 6) is -1.38. The maximum atomic E-state index is 11.1. The smallest absolute Gasteiger partial charge is 0.346 e. The van der Waals surface area contributed by atoms with E-state index in [0.717, 1.165) is 0 Å². The molecule has 1 aliphatic heterocycles. The number of hydrogen-bond donors (Lipinski definition) is 0. The summed E-state index contributed by atoms with van der Waals surface area (Å²) in [5, 5.41) is 3.31. The van der Waals surface area contributed by atoms with Crippen LogP contribution in [0.3, 0.4) is 0 Å². The monoisotopic (exact) mass is 189 g/mol. The van der Waals surface area contributed by atoms with Crippen LogP contribution in [0.5, 0.6) is 0 Å². The third-order valence-electron chi connectivity index (χ3n) is 1.79. The van der Waals surface area contributed by atoms with E-state index in [1.807, 2.05) is 0 Å². The number of fused-ring (bicyclic) bond motifs is 1. The first-order valence-electron chi connectivity index (χ1n) is 3.68.